The van der Waals surface area contributed by atoms with Crippen molar-refractivity contribution < 1.29 is 14.6 Å². The van der Waals surface area contributed by atoms with Gasteiger partial charge in [0.1, 0.15) is 0 Å². The van der Waals surface area contributed by atoms with Gasteiger partial charge in [-0.3, -0.25) is 0 Å². The molecule has 74 valence electrons. The first-order valence-electron chi connectivity index (χ1n) is 4.39. The molecule has 0 amide bonds. The van der Waals surface area contributed by atoms with Crippen molar-refractivity contribution in [3.63, 3.8) is 0 Å². The van der Waals surface area contributed by atoms with E-state index in [0.717, 1.165) is 5.56 Å². The molecule has 1 aromatic rings. The molecule has 2 rings (SSSR count). The lowest BCUT2D eigenvalue weighted by Gasteiger charge is -2.27. The van der Waals surface area contributed by atoms with Crippen LogP contribution in [0.25, 0.3) is 0 Å². The van der Waals surface area contributed by atoms with Crippen molar-refractivity contribution in [2.75, 3.05) is 18.9 Å². The van der Waals surface area contributed by atoms with Crippen LogP contribution in [0.5, 0.6) is 0 Å². The Morgan fingerprint density at radius 2 is 2.21 bits per heavy atom. The molecule has 14 heavy (non-hydrogen) atoms. The minimum Gasteiger partial charge on any atom is -0.478 e. The molecule has 3 N–H and O–H groups in total. The molecule has 0 bridgehead atoms. The first-order valence-corrected chi connectivity index (χ1v) is 4.39. The number of hydrogen-bond acceptors (Lipinski definition) is 3. The topological polar surface area (TPSA) is 72.5 Å². The van der Waals surface area contributed by atoms with Crippen molar-refractivity contribution in [1.29, 1.82) is 0 Å². The van der Waals surface area contributed by atoms with Gasteiger partial charge < -0.3 is 15.6 Å². The van der Waals surface area contributed by atoms with Crippen molar-refractivity contribution >= 4 is 11.7 Å². The molecular weight excluding hydrogens is 182 g/mol. The minimum atomic E-state index is -0.931. The van der Waals surface area contributed by atoms with Crippen LogP contribution >= 0.6 is 0 Å². The summed E-state index contributed by atoms with van der Waals surface area (Å²) in [4.78, 5) is 10.9. The van der Waals surface area contributed by atoms with E-state index < -0.39 is 5.97 Å². The van der Waals surface area contributed by atoms with Gasteiger partial charge in [0, 0.05) is 11.6 Å². The molecule has 4 heteroatoms. The molecule has 1 aliphatic heterocycles. The number of hydrogen-bond donors (Lipinski definition) is 2. The molecule has 0 radical (unpaired) electrons. The van der Waals surface area contributed by atoms with E-state index in [1.165, 1.54) is 6.07 Å². The van der Waals surface area contributed by atoms with Gasteiger partial charge in [0.25, 0.3) is 0 Å². The minimum absolute atomic E-state index is 0.210. The number of rotatable bonds is 2. The average Bonchev–Trinajstić information content (AvgIpc) is 2.04. The van der Waals surface area contributed by atoms with Crippen molar-refractivity contribution in [3.05, 3.63) is 29.3 Å². The lowest BCUT2D eigenvalue weighted by atomic mass is 9.92. The van der Waals surface area contributed by atoms with Gasteiger partial charge in [-0.05, 0) is 17.7 Å². The molecule has 0 aliphatic carbocycles. The van der Waals surface area contributed by atoms with E-state index in [0.29, 0.717) is 24.5 Å². The first-order chi connectivity index (χ1) is 6.68. The molecule has 1 aliphatic rings. The molecule has 0 atom stereocenters. The van der Waals surface area contributed by atoms with Gasteiger partial charge in [0.2, 0.25) is 0 Å². The molecule has 4 nitrogen and oxygen atoms in total. The third-order valence-corrected chi connectivity index (χ3v) is 2.39. The Balaban J connectivity index is 2.41. The normalized spacial score (nSPS) is 16.3. The Labute approximate surface area is 81.3 Å². The van der Waals surface area contributed by atoms with Gasteiger partial charge in [-0.15, -0.1) is 0 Å². The molecule has 1 saturated heterocycles. The van der Waals surface area contributed by atoms with Gasteiger partial charge in [0.05, 0.1) is 18.8 Å². The highest BCUT2D eigenvalue weighted by atomic mass is 16.5. The highest BCUT2D eigenvalue weighted by Gasteiger charge is 2.25. The van der Waals surface area contributed by atoms with Crippen LogP contribution in [0.3, 0.4) is 0 Å². The molecule has 0 saturated carbocycles. The van der Waals surface area contributed by atoms with Crippen LogP contribution in [-0.4, -0.2) is 24.3 Å². The fourth-order valence-corrected chi connectivity index (χ4v) is 1.53. The maximum Gasteiger partial charge on any atom is 0.336 e. The third-order valence-electron chi connectivity index (χ3n) is 2.39. The summed E-state index contributed by atoms with van der Waals surface area (Å²) in [7, 11) is 0. The molecule has 0 spiro atoms. The summed E-state index contributed by atoms with van der Waals surface area (Å²) in [6, 6.07) is 4.99. The number of benzene rings is 1. The molecule has 0 aromatic heterocycles. The van der Waals surface area contributed by atoms with E-state index in [2.05, 4.69) is 0 Å². The maximum absolute atomic E-state index is 10.9. The SMILES string of the molecule is Nc1ccc(C2COC2)c(C(=O)O)c1. The number of anilines is 1. The average molecular weight is 193 g/mol. The predicted octanol–water partition coefficient (Wildman–Crippen LogP) is 1.08. The van der Waals surface area contributed by atoms with E-state index in [4.69, 9.17) is 15.6 Å². The number of carbonyl (C=O) groups is 1. The fourth-order valence-electron chi connectivity index (χ4n) is 1.53. The fraction of sp³-hybridized carbons (Fsp3) is 0.300. The zero-order valence-electron chi connectivity index (χ0n) is 7.56. The van der Waals surface area contributed by atoms with Crippen LogP contribution in [-0.2, 0) is 4.74 Å². The Kier molecular flexibility index (Phi) is 2.13. The lowest BCUT2D eigenvalue weighted by Crippen LogP contribution is -2.26. The van der Waals surface area contributed by atoms with Crippen LogP contribution < -0.4 is 5.73 Å². The van der Waals surface area contributed by atoms with Crippen molar-refractivity contribution in [2.45, 2.75) is 5.92 Å². The standard InChI is InChI=1S/C10H11NO3/c11-7-1-2-8(6-4-14-5-6)9(3-7)10(12)13/h1-3,6H,4-5,11H2,(H,12,13). The van der Waals surface area contributed by atoms with Crippen molar-refractivity contribution in [1.82, 2.24) is 0 Å². The maximum atomic E-state index is 10.9. The van der Waals surface area contributed by atoms with E-state index >= 15 is 0 Å². The largest absolute Gasteiger partial charge is 0.478 e. The summed E-state index contributed by atoms with van der Waals surface area (Å²) in [6.45, 7) is 1.20. The van der Waals surface area contributed by atoms with Crippen molar-refractivity contribution in [3.8, 4) is 0 Å². The Morgan fingerprint density at radius 1 is 1.50 bits per heavy atom. The number of carboxylic acids is 1. The van der Waals surface area contributed by atoms with Crippen LogP contribution in [0.1, 0.15) is 21.8 Å². The highest BCUT2D eigenvalue weighted by Crippen LogP contribution is 2.28. The number of nitrogens with two attached hydrogens (primary N) is 1. The van der Waals surface area contributed by atoms with Crippen molar-refractivity contribution in [2.24, 2.45) is 0 Å². The summed E-state index contributed by atoms with van der Waals surface area (Å²) in [5.74, 6) is -0.721. The summed E-state index contributed by atoms with van der Waals surface area (Å²) in [6.07, 6.45) is 0. The summed E-state index contributed by atoms with van der Waals surface area (Å²) in [5.41, 5.74) is 7.12. The Hall–Kier alpha value is -1.55. The second kappa shape index (κ2) is 3.31. The van der Waals surface area contributed by atoms with Crippen LogP contribution in [0.2, 0.25) is 0 Å². The number of ether oxygens (including phenoxy) is 1. The Bertz CT molecular complexity index is 372. The summed E-state index contributed by atoms with van der Waals surface area (Å²) < 4.78 is 5.03. The number of aromatic carboxylic acids is 1. The number of carboxylic acid groups (broad SMARTS) is 1. The highest BCUT2D eigenvalue weighted by molar-refractivity contribution is 5.90. The molecule has 1 aromatic carbocycles. The second-order valence-corrected chi connectivity index (χ2v) is 3.39. The smallest absolute Gasteiger partial charge is 0.336 e. The van der Waals surface area contributed by atoms with E-state index in [1.54, 1.807) is 12.1 Å². The van der Waals surface area contributed by atoms with Gasteiger partial charge in [-0.2, -0.15) is 0 Å². The monoisotopic (exact) mass is 193 g/mol. The summed E-state index contributed by atoms with van der Waals surface area (Å²) >= 11 is 0. The zero-order chi connectivity index (χ0) is 10.1. The van der Waals surface area contributed by atoms with Crippen LogP contribution in [0.4, 0.5) is 5.69 Å². The quantitative estimate of drug-likeness (QED) is 0.689. The van der Waals surface area contributed by atoms with Gasteiger partial charge in [-0.25, -0.2) is 4.79 Å². The van der Waals surface area contributed by atoms with Crippen LogP contribution in [0, 0.1) is 0 Å². The second-order valence-electron chi connectivity index (χ2n) is 3.39. The van der Waals surface area contributed by atoms with Crippen LogP contribution in [0.15, 0.2) is 18.2 Å². The zero-order valence-corrected chi connectivity index (χ0v) is 7.56. The van der Waals surface area contributed by atoms with E-state index in [-0.39, 0.29) is 5.92 Å². The lowest BCUT2D eigenvalue weighted by molar-refractivity contribution is 0.00788. The molecule has 0 unspecified atom stereocenters. The Morgan fingerprint density at radius 3 is 2.71 bits per heavy atom. The molecular formula is C10H11NO3. The third kappa shape index (κ3) is 1.44. The molecule has 1 heterocycles. The summed E-state index contributed by atoms with van der Waals surface area (Å²) in [5, 5.41) is 8.96. The first kappa shape index (κ1) is 9.02. The van der Waals surface area contributed by atoms with E-state index in [9.17, 15) is 4.79 Å². The molecule has 1 fully saturated rings. The van der Waals surface area contributed by atoms with E-state index in [1.807, 2.05) is 0 Å². The number of nitrogen functional groups attached to an aromatic ring is 1. The van der Waals surface area contributed by atoms with Gasteiger partial charge in [-0.1, -0.05) is 6.07 Å². The van der Waals surface area contributed by atoms with Gasteiger partial charge in [0.15, 0.2) is 0 Å². The predicted molar refractivity (Wildman–Crippen MR) is 51.4 cm³/mol. The van der Waals surface area contributed by atoms with Gasteiger partial charge >= 0.3 is 5.97 Å².